The summed E-state index contributed by atoms with van der Waals surface area (Å²) in [5.74, 6) is -0.928. The van der Waals surface area contributed by atoms with Crippen molar-refractivity contribution in [1.82, 2.24) is 11.8 Å². The van der Waals surface area contributed by atoms with Crippen LogP contribution in [0.25, 0.3) is 0 Å². The predicted octanol–water partition coefficient (Wildman–Crippen LogP) is -0.830. The van der Waals surface area contributed by atoms with Gasteiger partial charge in [-0.1, -0.05) is 0 Å². The van der Waals surface area contributed by atoms with Gasteiger partial charge in [0.25, 0.3) is 0 Å². The van der Waals surface area contributed by atoms with E-state index in [0.29, 0.717) is 0 Å². The molecule has 0 atom stereocenters. The summed E-state index contributed by atoms with van der Waals surface area (Å²) in [4.78, 5) is 22.6. The Morgan fingerprint density at radius 2 is 1.36 bits per heavy atom. The Bertz CT molecular complexity index is 569. The zero-order chi connectivity index (χ0) is 10.5. The first-order valence-corrected chi connectivity index (χ1v) is 4.43. The molecule has 0 saturated carbocycles. The van der Waals surface area contributed by atoms with E-state index in [1.54, 1.807) is 0 Å². The van der Waals surface area contributed by atoms with Crippen LogP contribution in [0.3, 0.4) is 0 Å². The van der Waals surface area contributed by atoms with Crippen molar-refractivity contribution in [3.8, 4) is 11.5 Å². The third-order valence-electron chi connectivity index (χ3n) is 1.71. The van der Waals surface area contributed by atoms with E-state index in [0.717, 1.165) is 24.2 Å². The second-order valence-corrected chi connectivity index (χ2v) is 3.53. The predicted molar refractivity (Wildman–Crippen MR) is 54.1 cm³/mol. The zero-order valence-corrected chi connectivity index (χ0v) is 8.74. The molecule has 7 nitrogen and oxygen atoms in total. The number of aromatic hydroxyl groups is 2. The fourth-order valence-electron chi connectivity index (χ4n) is 1.04. The molecule has 8 heteroatoms. The summed E-state index contributed by atoms with van der Waals surface area (Å²) in [5.41, 5.74) is -1.21. The lowest BCUT2D eigenvalue weighted by molar-refractivity contribution is 0.393. The van der Waals surface area contributed by atoms with Crippen LogP contribution in [0.1, 0.15) is 0 Å². The molecule has 0 radical (unpaired) electrons. The van der Waals surface area contributed by atoms with Crippen LogP contribution in [0, 0.1) is 0 Å². The number of hydrogen-bond acceptors (Lipinski definition) is 4. The summed E-state index contributed by atoms with van der Waals surface area (Å²) >= 11 is 1.53. The highest BCUT2D eigenvalue weighted by Gasteiger charge is 2.10. The third kappa shape index (κ3) is 1.03. The van der Waals surface area contributed by atoms with Crippen molar-refractivity contribution in [3.63, 3.8) is 0 Å². The van der Waals surface area contributed by atoms with Gasteiger partial charge in [0, 0.05) is 0 Å². The number of aromatic nitrogens is 3. The maximum absolute atomic E-state index is 11.3. The average Bonchev–Trinajstić information content (AvgIpc) is 2.34. The van der Waals surface area contributed by atoms with Crippen molar-refractivity contribution in [2.75, 3.05) is 0 Å². The van der Waals surface area contributed by atoms with Gasteiger partial charge in [-0.25, -0.2) is 9.59 Å². The maximum atomic E-state index is 11.3. The molecule has 14 heavy (non-hydrogen) atoms. The lowest BCUT2D eigenvalue weighted by atomic mass is 10.5. The summed E-state index contributed by atoms with van der Waals surface area (Å²) in [5, 5.41) is 18.2. The van der Waals surface area contributed by atoms with Gasteiger partial charge < -0.3 is 10.2 Å². The van der Waals surface area contributed by atoms with Gasteiger partial charge in [-0.15, -0.1) is 0 Å². The average molecular weight is 309 g/mol. The molecule has 2 N–H and O–H groups in total. The van der Waals surface area contributed by atoms with Gasteiger partial charge in [-0.3, -0.25) is 0 Å². The third-order valence-corrected chi connectivity index (χ3v) is 2.54. The van der Waals surface area contributed by atoms with E-state index in [2.05, 4.69) is 0 Å². The van der Waals surface area contributed by atoms with Gasteiger partial charge in [-0.2, -0.15) is 11.8 Å². The molecule has 0 aliphatic heterocycles. The van der Waals surface area contributed by atoms with Crippen molar-refractivity contribution >= 4 is 22.9 Å². The smallest absolute Gasteiger partial charge is 0.360 e. The molecule has 0 bridgehead atoms. The summed E-state index contributed by atoms with van der Waals surface area (Å²) in [6.45, 7) is 0. The first kappa shape index (κ1) is 9.12. The van der Waals surface area contributed by atoms with Crippen LogP contribution in [-0.2, 0) is 0 Å². The zero-order valence-electron chi connectivity index (χ0n) is 6.59. The van der Waals surface area contributed by atoms with Crippen LogP contribution >= 0.6 is 22.9 Å². The fourth-order valence-corrected chi connectivity index (χ4v) is 1.49. The Kier molecular flexibility index (Phi) is 1.80. The molecule has 2 heterocycles. The van der Waals surface area contributed by atoms with Crippen molar-refractivity contribution in [3.05, 3.63) is 33.4 Å². The number of fused-ring (bicyclic) bond motifs is 1. The van der Waals surface area contributed by atoms with E-state index in [9.17, 15) is 9.59 Å². The quantitative estimate of drug-likeness (QED) is 0.622. The molecule has 2 rings (SSSR count). The minimum absolute atomic E-state index is 0.464. The Labute approximate surface area is 89.9 Å². The molecule has 0 fully saturated rings. The van der Waals surface area contributed by atoms with Crippen LogP contribution < -0.4 is 11.4 Å². The topological polar surface area (TPSA) is 88.4 Å². The Hall–Kier alpha value is -1.45. The Morgan fingerprint density at radius 1 is 1.00 bits per heavy atom. The maximum Gasteiger partial charge on any atom is 0.360 e. The highest BCUT2D eigenvalue weighted by atomic mass is 127. The van der Waals surface area contributed by atoms with Crippen molar-refractivity contribution < 1.29 is 10.2 Å². The molecule has 2 aromatic rings. The highest BCUT2D eigenvalue weighted by molar-refractivity contribution is 14.1. The Balaban J connectivity index is 3.12. The van der Waals surface area contributed by atoms with Crippen molar-refractivity contribution in [2.24, 2.45) is 0 Å². The van der Waals surface area contributed by atoms with Gasteiger partial charge in [-0.05, 0) is 0 Å². The van der Waals surface area contributed by atoms with Gasteiger partial charge in [0.2, 0.25) is 0 Å². The molecular formula is C6H4IN3O4. The van der Waals surface area contributed by atoms with Gasteiger partial charge in [0.05, 0.1) is 35.3 Å². The van der Waals surface area contributed by atoms with E-state index < -0.39 is 22.9 Å². The number of rotatable bonds is 0. The monoisotopic (exact) mass is 309 g/mol. The number of halogens is 1. The largest absolute Gasteiger partial charge is 0.503 e. The molecule has 0 aliphatic rings. The summed E-state index contributed by atoms with van der Waals surface area (Å²) in [6.07, 6.45) is 1.93. The fraction of sp³-hybridized carbons (Fsp3) is 0. The van der Waals surface area contributed by atoms with E-state index in [1.165, 1.54) is 22.9 Å². The normalized spacial score (nSPS) is 10.9. The minimum Gasteiger partial charge on any atom is -0.503 e. The molecule has 0 aliphatic carbocycles. The van der Waals surface area contributed by atoms with Gasteiger partial charge in [0.1, 0.15) is 0 Å². The van der Waals surface area contributed by atoms with E-state index in [-0.39, 0.29) is 0 Å². The van der Waals surface area contributed by atoms with E-state index >= 15 is 0 Å². The van der Waals surface area contributed by atoms with Crippen LogP contribution in [-0.4, -0.2) is 22.0 Å². The van der Waals surface area contributed by atoms with Crippen LogP contribution in [0.5, 0.6) is 11.5 Å². The van der Waals surface area contributed by atoms with Gasteiger partial charge in [0.15, 0.2) is 11.5 Å². The molecular weight excluding hydrogens is 305 g/mol. The first-order valence-electron chi connectivity index (χ1n) is 3.46. The molecule has 0 spiro atoms. The number of hydrogen-bond donors (Lipinski definition) is 2. The van der Waals surface area contributed by atoms with Crippen LogP contribution in [0.4, 0.5) is 0 Å². The number of nitrogens with zero attached hydrogens (tertiary/aromatic N) is 3. The molecule has 0 unspecified atom stereocenters. The second kappa shape index (κ2) is 2.77. The van der Waals surface area contributed by atoms with E-state index in [4.69, 9.17) is 10.2 Å². The van der Waals surface area contributed by atoms with Crippen LogP contribution in [0.15, 0.2) is 22.0 Å². The lowest BCUT2D eigenvalue weighted by Crippen LogP contribution is -2.18. The molecule has 74 valence electrons. The molecule has 0 amide bonds. The SMILES string of the molecule is O=c1n(I)c(=O)n2cc(O)c(O)cn12. The van der Waals surface area contributed by atoms with Gasteiger partial charge >= 0.3 is 11.4 Å². The summed E-state index contributed by atoms with van der Waals surface area (Å²) in [7, 11) is 0. The summed E-state index contributed by atoms with van der Waals surface area (Å²) in [6, 6.07) is 0. The molecule has 0 saturated heterocycles. The summed E-state index contributed by atoms with van der Waals surface area (Å²) < 4.78 is 2.62. The standard InChI is InChI=1S/C6H4IN3O4/c7-10-5(13)8-1-3(11)4(12)2-9(8)6(10)14/h1-2,11-12H. The first-order chi connectivity index (χ1) is 6.52. The minimum atomic E-state index is -0.606. The van der Waals surface area contributed by atoms with Crippen LogP contribution in [0.2, 0.25) is 0 Å². The van der Waals surface area contributed by atoms with Crippen molar-refractivity contribution in [2.45, 2.75) is 0 Å². The lowest BCUT2D eigenvalue weighted by Gasteiger charge is -1.98. The second-order valence-electron chi connectivity index (χ2n) is 2.56. The highest BCUT2D eigenvalue weighted by Crippen LogP contribution is 2.20. The van der Waals surface area contributed by atoms with Crippen molar-refractivity contribution in [1.29, 1.82) is 0 Å². The molecule has 2 aromatic heterocycles. The Morgan fingerprint density at radius 3 is 1.71 bits per heavy atom. The van der Waals surface area contributed by atoms with E-state index in [1.807, 2.05) is 0 Å². The molecule has 0 aromatic carbocycles.